The van der Waals surface area contributed by atoms with Crippen molar-refractivity contribution in [3.63, 3.8) is 0 Å². The number of benzene rings is 2. The molecule has 0 spiro atoms. The van der Waals surface area contributed by atoms with Gasteiger partial charge in [-0.1, -0.05) is 22.0 Å². The Morgan fingerprint density at radius 3 is 2.70 bits per heavy atom. The van der Waals surface area contributed by atoms with Gasteiger partial charge in [-0.05, 0) is 54.8 Å². The summed E-state index contributed by atoms with van der Waals surface area (Å²) in [5.74, 6) is -0.895. The van der Waals surface area contributed by atoms with Gasteiger partial charge in [0.15, 0.2) is 0 Å². The topological polar surface area (TPSA) is 65.4 Å². The van der Waals surface area contributed by atoms with E-state index in [1.807, 2.05) is 0 Å². The van der Waals surface area contributed by atoms with Crippen molar-refractivity contribution in [2.75, 3.05) is 7.11 Å². The zero-order chi connectivity index (χ0) is 19.8. The zero-order valence-corrected chi connectivity index (χ0v) is 17.1. The predicted molar refractivity (Wildman–Crippen MR) is 104 cm³/mol. The zero-order valence-electron chi connectivity index (χ0n) is 14.7. The molecule has 0 bridgehead atoms. The van der Waals surface area contributed by atoms with Crippen LogP contribution >= 0.6 is 15.9 Å². The number of rotatable bonds is 5. The maximum atomic E-state index is 13.8. The lowest BCUT2D eigenvalue weighted by Gasteiger charge is -2.11. The third-order valence-corrected chi connectivity index (χ3v) is 7.07. The number of ether oxygens (including phenoxy) is 1. The average Bonchev–Trinajstić information content (AvgIpc) is 3.00. The number of hydrogen-bond donors (Lipinski definition) is 0. The van der Waals surface area contributed by atoms with Gasteiger partial charge in [0.2, 0.25) is 0 Å². The van der Waals surface area contributed by atoms with E-state index in [1.165, 1.54) is 37.6 Å². The van der Waals surface area contributed by atoms with Crippen molar-refractivity contribution in [2.24, 2.45) is 0 Å². The number of hydrogen-bond acceptors (Lipinski definition) is 4. The molecule has 3 aromatic rings. The van der Waals surface area contributed by atoms with Gasteiger partial charge in [0.05, 0.1) is 17.5 Å². The summed E-state index contributed by atoms with van der Waals surface area (Å²) in [6.07, 6.45) is 1.76. The molecule has 0 atom stereocenters. The van der Waals surface area contributed by atoms with Crippen LogP contribution < -0.4 is 0 Å². The van der Waals surface area contributed by atoms with E-state index < -0.39 is 21.8 Å². The highest BCUT2D eigenvalue weighted by Crippen LogP contribution is 2.30. The summed E-state index contributed by atoms with van der Waals surface area (Å²) < 4.78 is 46.8. The molecule has 0 aliphatic heterocycles. The van der Waals surface area contributed by atoms with Crippen LogP contribution in [-0.2, 0) is 26.0 Å². The minimum absolute atomic E-state index is 0.0715. The smallest absolute Gasteiger partial charge is 0.305 e. The molecule has 0 N–H and O–H groups in total. The fourth-order valence-corrected chi connectivity index (χ4v) is 5.09. The Labute approximate surface area is 164 Å². The fraction of sp³-hybridized carbons (Fsp3) is 0.211. The van der Waals surface area contributed by atoms with Crippen LogP contribution in [0.5, 0.6) is 0 Å². The first-order valence-electron chi connectivity index (χ1n) is 8.12. The van der Waals surface area contributed by atoms with E-state index >= 15 is 0 Å². The molecule has 0 saturated carbocycles. The molecule has 0 radical (unpaired) electrons. The number of carbonyl (C=O) groups is 1. The van der Waals surface area contributed by atoms with E-state index in [0.717, 1.165) is 3.97 Å². The van der Waals surface area contributed by atoms with Crippen LogP contribution in [-0.4, -0.2) is 25.5 Å². The summed E-state index contributed by atoms with van der Waals surface area (Å²) in [6, 6.07) is 8.86. The van der Waals surface area contributed by atoms with Crippen molar-refractivity contribution in [2.45, 2.75) is 24.7 Å². The van der Waals surface area contributed by atoms with Crippen molar-refractivity contribution in [3.8, 4) is 0 Å². The molecule has 0 saturated heterocycles. The molecule has 0 amide bonds. The van der Waals surface area contributed by atoms with Crippen molar-refractivity contribution >= 4 is 42.8 Å². The Kier molecular flexibility index (Phi) is 5.39. The number of fused-ring (bicyclic) bond motifs is 1. The molecule has 1 aromatic heterocycles. The molecule has 142 valence electrons. The summed E-state index contributed by atoms with van der Waals surface area (Å²) >= 11 is 3.35. The minimum Gasteiger partial charge on any atom is -0.469 e. The maximum Gasteiger partial charge on any atom is 0.305 e. The Morgan fingerprint density at radius 1 is 1.26 bits per heavy atom. The SMILES string of the molecule is COC(=O)CCc1cn(S(=O)(=O)c2cccc(Br)c2C)c2ccc(F)cc12. The van der Waals surface area contributed by atoms with Crippen molar-refractivity contribution in [1.82, 2.24) is 3.97 Å². The van der Waals surface area contributed by atoms with Crippen LogP contribution in [0.2, 0.25) is 0 Å². The second kappa shape index (κ2) is 7.44. The van der Waals surface area contributed by atoms with E-state index in [4.69, 9.17) is 0 Å². The number of carbonyl (C=O) groups excluding carboxylic acids is 1. The first-order valence-corrected chi connectivity index (χ1v) is 10.4. The maximum absolute atomic E-state index is 13.8. The lowest BCUT2D eigenvalue weighted by atomic mass is 10.1. The predicted octanol–water partition coefficient (Wildman–Crippen LogP) is 4.19. The number of methoxy groups -OCH3 is 1. The van der Waals surface area contributed by atoms with Crippen LogP contribution in [0.1, 0.15) is 17.5 Å². The van der Waals surface area contributed by atoms with Gasteiger partial charge in [0.1, 0.15) is 5.82 Å². The van der Waals surface area contributed by atoms with Crippen molar-refractivity contribution in [1.29, 1.82) is 0 Å². The molecule has 5 nitrogen and oxygen atoms in total. The lowest BCUT2D eigenvalue weighted by Crippen LogP contribution is -2.13. The first kappa shape index (κ1) is 19.6. The van der Waals surface area contributed by atoms with E-state index in [0.29, 0.717) is 26.5 Å². The molecular weight excluding hydrogens is 437 g/mol. The Bertz CT molecular complexity index is 1140. The molecule has 2 aromatic carbocycles. The second-order valence-electron chi connectivity index (χ2n) is 6.06. The van der Waals surface area contributed by atoms with Crippen LogP contribution in [0.4, 0.5) is 4.39 Å². The third kappa shape index (κ3) is 3.64. The number of aryl methyl sites for hydroxylation is 1. The van der Waals surface area contributed by atoms with Crippen LogP contribution in [0.15, 0.2) is 52.0 Å². The highest BCUT2D eigenvalue weighted by Gasteiger charge is 2.24. The lowest BCUT2D eigenvalue weighted by molar-refractivity contribution is -0.140. The van der Waals surface area contributed by atoms with Gasteiger partial charge >= 0.3 is 5.97 Å². The van der Waals surface area contributed by atoms with Crippen LogP contribution in [0.3, 0.4) is 0 Å². The van der Waals surface area contributed by atoms with Gasteiger partial charge in [0, 0.05) is 22.5 Å². The largest absolute Gasteiger partial charge is 0.469 e. The molecule has 0 aliphatic rings. The third-order valence-electron chi connectivity index (χ3n) is 4.40. The van der Waals surface area contributed by atoms with E-state index in [1.54, 1.807) is 19.1 Å². The average molecular weight is 454 g/mol. The quantitative estimate of drug-likeness (QED) is 0.543. The van der Waals surface area contributed by atoms with E-state index in [-0.39, 0.29) is 17.7 Å². The van der Waals surface area contributed by atoms with Gasteiger partial charge in [-0.25, -0.2) is 16.8 Å². The van der Waals surface area contributed by atoms with Crippen molar-refractivity contribution in [3.05, 3.63) is 64.0 Å². The van der Waals surface area contributed by atoms with E-state index in [9.17, 15) is 17.6 Å². The highest BCUT2D eigenvalue weighted by molar-refractivity contribution is 9.10. The van der Waals surface area contributed by atoms with E-state index in [2.05, 4.69) is 20.7 Å². The van der Waals surface area contributed by atoms with Gasteiger partial charge in [-0.2, -0.15) is 0 Å². The normalized spacial score (nSPS) is 11.7. The highest BCUT2D eigenvalue weighted by atomic mass is 79.9. The summed E-state index contributed by atoms with van der Waals surface area (Å²) in [5.41, 5.74) is 1.50. The monoisotopic (exact) mass is 453 g/mol. The molecule has 1 heterocycles. The summed E-state index contributed by atoms with van der Waals surface area (Å²) in [5, 5.41) is 0.454. The van der Waals surface area contributed by atoms with Gasteiger partial charge in [0.25, 0.3) is 10.0 Å². The van der Waals surface area contributed by atoms with Gasteiger partial charge in [-0.3, -0.25) is 4.79 Å². The summed E-state index contributed by atoms with van der Waals surface area (Å²) in [6.45, 7) is 1.71. The molecule has 27 heavy (non-hydrogen) atoms. The minimum atomic E-state index is -3.91. The first-order chi connectivity index (χ1) is 12.8. The van der Waals surface area contributed by atoms with Gasteiger partial charge in [-0.15, -0.1) is 0 Å². The van der Waals surface area contributed by atoms with Crippen LogP contribution in [0, 0.1) is 12.7 Å². The second-order valence-corrected chi connectivity index (χ2v) is 8.69. The molecule has 3 rings (SSSR count). The Hall–Kier alpha value is -2.19. The number of esters is 1. The summed E-state index contributed by atoms with van der Waals surface area (Å²) in [7, 11) is -2.62. The van der Waals surface area contributed by atoms with Gasteiger partial charge < -0.3 is 4.74 Å². The standard InChI is InChI=1S/C19H17BrFNO4S/c1-12-16(20)4-3-5-18(12)27(24,25)22-11-13(6-9-19(23)26-2)15-10-14(21)7-8-17(15)22/h3-5,7-8,10-11H,6,9H2,1-2H3. The summed E-state index contributed by atoms with van der Waals surface area (Å²) in [4.78, 5) is 11.6. The van der Waals surface area contributed by atoms with Crippen molar-refractivity contribution < 1.29 is 22.3 Å². The molecule has 0 unspecified atom stereocenters. The molecule has 0 fully saturated rings. The Balaban J connectivity index is 2.19. The molecular formula is C19H17BrFNO4S. The Morgan fingerprint density at radius 2 is 2.00 bits per heavy atom. The molecule has 8 heteroatoms. The molecule has 0 aliphatic carbocycles. The fourth-order valence-electron chi connectivity index (χ4n) is 2.95. The number of halogens is 2. The number of nitrogens with zero attached hydrogens (tertiary/aromatic N) is 1. The van der Waals surface area contributed by atoms with Crippen LogP contribution in [0.25, 0.3) is 10.9 Å². The number of aromatic nitrogens is 1.